The van der Waals surface area contributed by atoms with Crippen LogP contribution in [0.3, 0.4) is 0 Å². The van der Waals surface area contributed by atoms with E-state index in [-0.39, 0.29) is 5.91 Å². The first kappa shape index (κ1) is 27.2. The highest BCUT2D eigenvalue weighted by molar-refractivity contribution is 6.04. The molecule has 9 heteroatoms. The summed E-state index contributed by atoms with van der Waals surface area (Å²) in [6, 6.07) is 21.4. The van der Waals surface area contributed by atoms with Gasteiger partial charge in [0.1, 0.15) is 0 Å². The highest BCUT2D eigenvalue weighted by Crippen LogP contribution is 2.27. The Balaban J connectivity index is 1.14. The van der Waals surface area contributed by atoms with Crippen LogP contribution in [-0.2, 0) is 6.54 Å². The summed E-state index contributed by atoms with van der Waals surface area (Å²) in [7, 11) is 0. The molecule has 6 rings (SSSR count). The lowest BCUT2D eigenvalue weighted by Crippen LogP contribution is -2.42. The molecule has 5 aromatic rings. The second kappa shape index (κ2) is 12.7. The van der Waals surface area contributed by atoms with Crippen molar-refractivity contribution in [1.82, 2.24) is 30.2 Å². The molecular weight excluding hydrogens is 524 g/mol. The third-order valence-corrected chi connectivity index (χ3v) is 7.28. The molecule has 1 saturated heterocycles. The van der Waals surface area contributed by atoms with Crippen LogP contribution in [-0.4, -0.2) is 56.9 Å². The molecule has 42 heavy (non-hydrogen) atoms. The Hall–Kier alpha value is -4.99. The number of piperazine rings is 1. The lowest BCUT2D eigenvalue weighted by molar-refractivity contribution is 0.102. The number of nitrogens with one attached hydrogen (secondary N) is 3. The molecule has 0 saturated carbocycles. The zero-order valence-corrected chi connectivity index (χ0v) is 23.4. The minimum atomic E-state index is -0.154. The Bertz CT molecular complexity index is 1670. The number of nitrogens with zero attached hydrogens (tertiary/aromatic N) is 5. The minimum absolute atomic E-state index is 0.154. The van der Waals surface area contributed by atoms with Gasteiger partial charge in [-0.3, -0.25) is 19.7 Å². The number of anilines is 3. The number of aryl methyl sites for hydroxylation is 1. The Kier molecular flexibility index (Phi) is 8.21. The van der Waals surface area contributed by atoms with Gasteiger partial charge in [-0.15, -0.1) is 0 Å². The van der Waals surface area contributed by atoms with Gasteiger partial charge in [-0.2, -0.15) is 0 Å². The van der Waals surface area contributed by atoms with Crippen LogP contribution < -0.4 is 16.0 Å². The molecule has 1 amide bonds. The van der Waals surface area contributed by atoms with Gasteiger partial charge < -0.3 is 16.0 Å². The SMILES string of the molecule is Cc1ccc(NC(=O)c2ccc(CN3CCNCC3)cc2)cc1Nc1nccc(-c2cncc(-c3ccncc3)c2)n1. The zero-order chi connectivity index (χ0) is 28.7. The summed E-state index contributed by atoms with van der Waals surface area (Å²) in [6.07, 6.45) is 8.86. The zero-order valence-electron chi connectivity index (χ0n) is 23.4. The summed E-state index contributed by atoms with van der Waals surface area (Å²) in [5, 5.41) is 9.71. The van der Waals surface area contributed by atoms with Crippen molar-refractivity contribution in [3.63, 3.8) is 0 Å². The first-order valence-corrected chi connectivity index (χ1v) is 14.0. The highest BCUT2D eigenvalue weighted by atomic mass is 16.1. The lowest BCUT2D eigenvalue weighted by atomic mass is 10.1. The van der Waals surface area contributed by atoms with E-state index in [0.717, 1.165) is 66.4 Å². The standard InChI is InChI=1S/C33H32N8O/c1-23-2-7-29(38-32(42)26-5-3-24(4-6-26)22-41-16-14-35-15-17-41)19-31(23)40-33-37-13-10-30(39-33)28-18-27(20-36-21-28)25-8-11-34-12-9-25/h2-13,18-21,35H,14-17,22H2,1H3,(H,38,42)(H,37,39,40). The maximum Gasteiger partial charge on any atom is 0.255 e. The molecule has 4 heterocycles. The van der Waals surface area contributed by atoms with Gasteiger partial charge in [0.05, 0.1) is 5.69 Å². The molecule has 1 aliphatic heterocycles. The predicted molar refractivity (Wildman–Crippen MR) is 165 cm³/mol. The number of hydrogen-bond acceptors (Lipinski definition) is 8. The van der Waals surface area contributed by atoms with Gasteiger partial charge in [0, 0.05) is 91.8 Å². The van der Waals surface area contributed by atoms with E-state index in [4.69, 9.17) is 4.98 Å². The van der Waals surface area contributed by atoms with Crippen LogP contribution in [0.4, 0.5) is 17.3 Å². The summed E-state index contributed by atoms with van der Waals surface area (Å²) in [5.41, 5.74) is 7.96. The maximum atomic E-state index is 13.0. The molecular formula is C33H32N8O. The van der Waals surface area contributed by atoms with E-state index in [1.165, 1.54) is 5.56 Å². The average Bonchev–Trinajstić information content (AvgIpc) is 3.04. The van der Waals surface area contributed by atoms with Gasteiger partial charge >= 0.3 is 0 Å². The van der Waals surface area contributed by atoms with Crippen molar-refractivity contribution in [3.05, 3.63) is 114 Å². The fourth-order valence-corrected chi connectivity index (χ4v) is 4.91. The van der Waals surface area contributed by atoms with Crippen molar-refractivity contribution >= 4 is 23.2 Å². The van der Waals surface area contributed by atoms with Crippen molar-refractivity contribution in [1.29, 1.82) is 0 Å². The van der Waals surface area contributed by atoms with Crippen LogP contribution >= 0.6 is 0 Å². The van der Waals surface area contributed by atoms with Crippen LogP contribution in [0.2, 0.25) is 0 Å². The number of aromatic nitrogens is 4. The van der Waals surface area contributed by atoms with Gasteiger partial charge in [-0.25, -0.2) is 9.97 Å². The second-order valence-corrected chi connectivity index (χ2v) is 10.3. The first-order chi connectivity index (χ1) is 20.6. The molecule has 0 aliphatic carbocycles. The fourth-order valence-electron chi connectivity index (χ4n) is 4.91. The predicted octanol–water partition coefficient (Wildman–Crippen LogP) is 5.31. The summed E-state index contributed by atoms with van der Waals surface area (Å²) < 4.78 is 0. The molecule has 0 atom stereocenters. The molecule has 0 bridgehead atoms. The molecule has 1 fully saturated rings. The molecule has 9 nitrogen and oxygen atoms in total. The van der Waals surface area contributed by atoms with Gasteiger partial charge in [-0.05, 0) is 72.1 Å². The topological polar surface area (TPSA) is 108 Å². The van der Waals surface area contributed by atoms with Crippen LogP contribution in [0.5, 0.6) is 0 Å². The highest BCUT2D eigenvalue weighted by Gasteiger charge is 2.12. The minimum Gasteiger partial charge on any atom is -0.324 e. The Morgan fingerprint density at radius 3 is 2.45 bits per heavy atom. The number of carbonyl (C=O) groups is 1. The summed E-state index contributed by atoms with van der Waals surface area (Å²) >= 11 is 0. The first-order valence-electron chi connectivity index (χ1n) is 14.0. The smallest absolute Gasteiger partial charge is 0.255 e. The molecule has 1 aliphatic rings. The van der Waals surface area contributed by atoms with Crippen LogP contribution in [0.15, 0.2) is 97.7 Å². The Labute approximate surface area is 245 Å². The molecule has 0 spiro atoms. The molecule has 0 unspecified atom stereocenters. The lowest BCUT2D eigenvalue weighted by Gasteiger charge is -2.27. The van der Waals surface area contributed by atoms with Gasteiger partial charge in [0.25, 0.3) is 5.91 Å². The third kappa shape index (κ3) is 6.65. The van der Waals surface area contributed by atoms with E-state index in [1.54, 1.807) is 24.8 Å². The van der Waals surface area contributed by atoms with E-state index >= 15 is 0 Å². The van der Waals surface area contributed by atoms with Crippen LogP contribution in [0.25, 0.3) is 22.4 Å². The molecule has 3 N–H and O–H groups in total. The number of pyridine rings is 2. The van der Waals surface area contributed by atoms with Gasteiger partial charge in [0.15, 0.2) is 0 Å². The van der Waals surface area contributed by atoms with Gasteiger partial charge in [-0.1, -0.05) is 18.2 Å². The summed E-state index contributed by atoms with van der Waals surface area (Å²) in [4.78, 5) is 33.1. The van der Waals surface area contributed by atoms with Crippen molar-refractivity contribution < 1.29 is 4.79 Å². The third-order valence-electron chi connectivity index (χ3n) is 7.28. The number of rotatable bonds is 8. The molecule has 210 valence electrons. The fraction of sp³-hybridized carbons (Fsp3) is 0.182. The number of benzene rings is 2. The maximum absolute atomic E-state index is 13.0. The summed E-state index contributed by atoms with van der Waals surface area (Å²) in [6.45, 7) is 7.01. The Morgan fingerprint density at radius 1 is 0.857 bits per heavy atom. The van der Waals surface area contributed by atoms with E-state index in [2.05, 4.69) is 35.8 Å². The molecule has 0 radical (unpaired) electrons. The number of hydrogen-bond donors (Lipinski definition) is 3. The molecule has 3 aromatic heterocycles. The molecule has 2 aromatic carbocycles. The van der Waals surface area contributed by atoms with Crippen molar-refractivity contribution in [3.8, 4) is 22.4 Å². The quantitative estimate of drug-likeness (QED) is 0.236. The number of carbonyl (C=O) groups excluding carboxylic acids is 1. The monoisotopic (exact) mass is 556 g/mol. The largest absolute Gasteiger partial charge is 0.324 e. The van der Waals surface area contributed by atoms with Gasteiger partial charge in [0.2, 0.25) is 5.95 Å². The number of amides is 1. The van der Waals surface area contributed by atoms with E-state index in [0.29, 0.717) is 17.2 Å². The second-order valence-electron chi connectivity index (χ2n) is 10.3. The van der Waals surface area contributed by atoms with Crippen molar-refractivity contribution in [2.75, 3.05) is 36.8 Å². The van der Waals surface area contributed by atoms with Crippen LogP contribution in [0.1, 0.15) is 21.5 Å². The Morgan fingerprint density at radius 2 is 1.64 bits per heavy atom. The van der Waals surface area contributed by atoms with Crippen molar-refractivity contribution in [2.45, 2.75) is 13.5 Å². The van der Waals surface area contributed by atoms with E-state index < -0.39 is 0 Å². The normalized spacial score (nSPS) is 13.5. The van der Waals surface area contributed by atoms with E-state index in [1.807, 2.05) is 79.9 Å². The van der Waals surface area contributed by atoms with Crippen molar-refractivity contribution in [2.24, 2.45) is 0 Å². The summed E-state index contributed by atoms with van der Waals surface area (Å²) in [5.74, 6) is 0.298. The average molecular weight is 557 g/mol. The van der Waals surface area contributed by atoms with Crippen LogP contribution in [0, 0.1) is 6.92 Å². The van der Waals surface area contributed by atoms with E-state index in [9.17, 15) is 4.79 Å².